The van der Waals surface area contributed by atoms with Gasteiger partial charge in [0.25, 0.3) is 0 Å². The topological polar surface area (TPSA) is 21.3 Å². The summed E-state index contributed by atoms with van der Waals surface area (Å²) in [6, 6.07) is 9.36. The van der Waals surface area contributed by atoms with Crippen LogP contribution in [0.1, 0.15) is 18.5 Å². The maximum Gasteiger partial charge on any atom is 0.0643 e. The van der Waals surface area contributed by atoms with E-state index in [-0.39, 0.29) is 0 Å². The lowest BCUT2D eigenvalue weighted by molar-refractivity contribution is -0.00925. The van der Waals surface area contributed by atoms with Crippen molar-refractivity contribution in [3.05, 3.63) is 34.3 Å². The first-order valence-electron chi connectivity index (χ1n) is 4.85. The van der Waals surface area contributed by atoms with E-state index in [4.69, 9.17) is 4.74 Å². The van der Waals surface area contributed by atoms with Gasteiger partial charge in [0.1, 0.15) is 0 Å². The Morgan fingerprint density at radius 1 is 1.36 bits per heavy atom. The molecule has 0 amide bonds. The lowest BCUT2D eigenvalue weighted by Gasteiger charge is -2.30. The SMILES string of the molecule is CC(NC1COC1)c1ccc(Br)cc1. The van der Waals surface area contributed by atoms with Crippen molar-refractivity contribution in [2.24, 2.45) is 0 Å². The smallest absolute Gasteiger partial charge is 0.0643 e. The highest BCUT2D eigenvalue weighted by Crippen LogP contribution is 2.17. The van der Waals surface area contributed by atoms with E-state index in [1.165, 1.54) is 5.56 Å². The number of hydrogen-bond donors (Lipinski definition) is 1. The highest BCUT2D eigenvalue weighted by Gasteiger charge is 2.20. The second kappa shape index (κ2) is 4.43. The Balaban J connectivity index is 1.95. The molecular formula is C11H14BrNO. The number of ether oxygens (including phenoxy) is 1. The molecule has 76 valence electrons. The molecular weight excluding hydrogens is 242 g/mol. The summed E-state index contributed by atoms with van der Waals surface area (Å²) in [6.45, 7) is 3.88. The van der Waals surface area contributed by atoms with Gasteiger partial charge in [0.15, 0.2) is 0 Å². The van der Waals surface area contributed by atoms with E-state index >= 15 is 0 Å². The maximum atomic E-state index is 5.12. The molecule has 0 saturated carbocycles. The van der Waals surface area contributed by atoms with Crippen LogP contribution in [0.25, 0.3) is 0 Å². The second-order valence-electron chi connectivity index (χ2n) is 3.67. The highest BCUT2D eigenvalue weighted by molar-refractivity contribution is 9.10. The molecule has 2 rings (SSSR count). The van der Waals surface area contributed by atoms with Crippen LogP contribution < -0.4 is 5.32 Å². The van der Waals surface area contributed by atoms with Crippen LogP contribution in [0.3, 0.4) is 0 Å². The molecule has 2 nitrogen and oxygen atoms in total. The minimum Gasteiger partial charge on any atom is -0.378 e. The molecule has 1 N–H and O–H groups in total. The molecule has 1 unspecified atom stereocenters. The zero-order chi connectivity index (χ0) is 9.97. The first-order valence-corrected chi connectivity index (χ1v) is 5.64. The molecule has 1 atom stereocenters. The number of rotatable bonds is 3. The summed E-state index contributed by atoms with van der Waals surface area (Å²) in [4.78, 5) is 0. The van der Waals surface area contributed by atoms with E-state index in [0.717, 1.165) is 17.7 Å². The van der Waals surface area contributed by atoms with Gasteiger partial charge in [0.05, 0.1) is 19.3 Å². The minimum absolute atomic E-state index is 0.400. The van der Waals surface area contributed by atoms with Gasteiger partial charge in [-0.15, -0.1) is 0 Å². The summed E-state index contributed by atoms with van der Waals surface area (Å²) < 4.78 is 6.25. The molecule has 1 aliphatic rings. The van der Waals surface area contributed by atoms with E-state index in [1.807, 2.05) is 0 Å². The summed E-state index contributed by atoms with van der Waals surface area (Å²) in [5, 5.41) is 3.51. The zero-order valence-electron chi connectivity index (χ0n) is 8.16. The molecule has 0 spiro atoms. The van der Waals surface area contributed by atoms with Crippen LogP contribution in [-0.2, 0) is 4.74 Å². The Morgan fingerprint density at radius 2 is 2.00 bits per heavy atom. The third-order valence-electron chi connectivity index (χ3n) is 2.49. The molecule has 1 aromatic rings. The van der Waals surface area contributed by atoms with Gasteiger partial charge in [0.2, 0.25) is 0 Å². The fourth-order valence-electron chi connectivity index (χ4n) is 1.53. The van der Waals surface area contributed by atoms with Gasteiger partial charge in [-0.3, -0.25) is 0 Å². The monoisotopic (exact) mass is 255 g/mol. The average molecular weight is 256 g/mol. The summed E-state index contributed by atoms with van der Waals surface area (Å²) in [5.41, 5.74) is 1.32. The Bertz CT molecular complexity index is 295. The lowest BCUT2D eigenvalue weighted by Crippen LogP contribution is -2.46. The molecule has 1 fully saturated rings. The Kier molecular flexibility index (Phi) is 3.21. The summed E-state index contributed by atoms with van der Waals surface area (Å²) in [6.07, 6.45) is 0. The van der Waals surface area contributed by atoms with Crippen LogP contribution >= 0.6 is 15.9 Å². The highest BCUT2D eigenvalue weighted by atomic mass is 79.9. The number of benzene rings is 1. The van der Waals surface area contributed by atoms with Crippen LogP contribution in [0.2, 0.25) is 0 Å². The Morgan fingerprint density at radius 3 is 2.50 bits per heavy atom. The van der Waals surface area contributed by atoms with E-state index < -0.39 is 0 Å². The molecule has 1 aliphatic heterocycles. The predicted octanol–water partition coefficient (Wildman–Crippen LogP) is 2.50. The predicted molar refractivity (Wildman–Crippen MR) is 60.3 cm³/mol. The molecule has 1 saturated heterocycles. The third-order valence-corrected chi connectivity index (χ3v) is 3.02. The van der Waals surface area contributed by atoms with Gasteiger partial charge < -0.3 is 10.1 Å². The van der Waals surface area contributed by atoms with Gasteiger partial charge in [-0.25, -0.2) is 0 Å². The summed E-state index contributed by atoms with van der Waals surface area (Å²) in [7, 11) is 0. The molecule has 3 heteroatoms. The van der Waals surface area contributed by atoms with Crippen molar-refractivity contribution in [2.45, 2.75) is 19.0 Å². The van der Waals surface area contributed by atoms with Crippen molar-refractivity contribution >= 4 is 15.9 Å². The quantitative estimate of drug-likeness (QED) is 0.897. The second-order valence-corrected chi connectivity index (χ2v) is 4.59. The molecule has 0 aliphatic carbocycles. The molecule has 0 bridgehead atoms. The van der Waals surface area contributed by atoms with Gasteiger partial charge in [-0.05, 0) is 24.6 Å². The third kappa shape index (κ3) is 2.35. The van der Waals surface area contributed by atoms with Crippen molar-refractivity contribution in [1.82, 2.24) is 5.32 Å². The zero-order valence-corrected chi connectivity index (χ0v) is 9.75. The van der Waals surface area contributed by atoms with Gasteiger partial charge in [-0.1, -0.05) is 28.1 Å². The maximum absolute atomic E-state index is 5.12. The van der Waals surface area contributed by atoms with Crippen LogP contribution in [0.4, 0.5) is 0 Å². The number of halogens is 1. The lowest BCUT2D eigenvalue weighted by atomic mass is 10.1. The molecule has 0 aromatic heterocycles. The fraction of sp³-hybridized carbons (Fsp3) is 0.455. The van der Waals surface area contributed by atoms with E-state index in [2.05, 4.69) is 52.4 Å². The Hall–Kier alpha value is -0.380. The molecule has 14 heavy (non-hydrogen) atoms. The van der Waals surface area contributed by atoms with Gasteiger partial charge in [-0.2, -0.15) is 0 Å². The first-order chi connectivity index (χ1) is 6.75. The van der Waals surface area contributed by atoms with E-state index in [9.17, 15) is 0 Å². The van der Waals surface area contributed by atoms with Crippen molar-refractivity contribution in [3.63, 3.8) is 0 Å². The average Bonchev–Trinajstić information content (AvgIpc) is 2.12. The molecule has 0 radical (unpaired) electrons. The summed E-state index contributed by atoms with van der Waals surface area (Å²) >= 11 is 3.43. The largest absolute Gasteiger partial charge is 0.378 e. The first kappa shape index (κ1) is 10.1. The van der Waals surface area contributed by atoms with Crippen molar-refractivity contribution in [1.29, 1.82) is 0 Å². The normalized spacial score (nSPS) is 19.0. The standard InChI is InChI=1S/C11H14BrNO/c1-8(13-11-6-14-7-11)9-2-4-10(12)5-3-9/h2-5,8,11,13H,6-7H2,1H3. The van der Waals surface area contributed by atoms with Crippen LogP contribution in [0.15, 0.2) is 28.7 Å². The number of hydrogen-bond acceptors (Lipinski definition) is 2. The van der Waals surface area contributed by atoms with Gasteiger partial charge >= 0.3 is 0 Å². The fourth-order valence-corrected chi connectivity index (χ4v) is 1.80. The van der Waals surface area contributed by atoms with Crippen molar-refractivity contribution in [2.75, 3.05) is 13.2 Å². The molecule has 1 heterocycles. The van der Waals surface area contributed by atoms with Crippen molar-refractivity contribution in [3.8, 4) is 0 Å². The van der Waals surface area contributed by atoms with Gasteiger partial charge in [0, 0.05) is 10.5 Å². The van der Waals surface area contributed by atoms with Crippen LogP contribution in [0.5, 0.6) is 0 Å². The van der Waals surface area contributed by atoms with Crippen LogP contribution in [-0.4, -0.2) is 19.3 Å². The van der Waals surface area contributed by atoms with Crippen molar-refractivity contribution < 1.29 is 4.74 Å². The van der Waals surface area contributed by atoms with E-state index in [1.54, 1.807) is 0 Å². The molecule has 1 aromatic carbocycles. The minimum atomic E-state index is 0.400. The Labute approximate surface area is 92.8 Å². The summed E-state index contributed by atoms with van der Waals surface area (Å²) in [5.74, 6) is 0. The van der Waals surface area contributed by atoms with E-state index in [0.29, 0.717) is 12.1 Å². The van der Waals surface area contributed by atoms with Crippen LogP contribution in [0, 0.1) is 0 Å². The number of nitrogens with one attached hydrogen (secondary N) is 1.